The molecule has 2 fully saturated rings. The molecule has 31 heavy (non-hydrogen) atoms. The average molecular weight is 422 g/mol. The summed E-state index contributed by atoms with van der Waals surface area (Å²) in [6, 6.07) is 9.70. The number of likely N-dealkylation sites (tertiary alicyclic amines) is 2. The minimum Gasteiger partial charge on any atom is -0.396 e. The predicted molar refractivity (Wildman–Crippen MR) is 115 cm³/mol. The fraction of sp³-hybridized carbons (Fsp3) is 0.435. The van der Waals surface area contributed by atoms with Crippen molar-refractivity contribution in [2.45, 2.75) is 19.9 Å². The first-order valence-corrected chi connectivity index (χ1v) is 10.8. The molecule has 4 heterocycles. The van der Waals surface area contributed by atoms with Crippen molar-refractivity contribution in [1.82, 2.24) is 24.6 Å². The zero-order chi connectivity index (χ0) is 21.6. The topological polar surface area (TPSA) is 94.5 Å². The zero-order valence-corrected chi connectivity index (χ0v) is 17.6. The number of amides is 2. The molecule has 162 valence electrons. The van der Waals surface area contributed by atoms with Crippen LogP contribution >= 0.6 is 0 Å². The molecule has 2 aliphatic rings. The van der Waals surface area contributed by atoms with E-state index in [-0.39, 0.29) is 24.3 Å². The number of H-pyrrole nitrogens is 1. The van der Waals surface area contributed by atoms with Gasteiger partial charge in [0, 0.05) is 67.4 Å². The molecule has 0 bridgehead atoms. The fourth-order valence-corrected chi connectivity index (χ4v) is 5.23. The van der Waals surface area contributed by atoms with Crippen molar-refractivity contribution in [2.75, 3.05) is 32.8 Å². The molecular formula is C23H27N5O3. The average Bonchev–Trinajstić information content (AvgIpc) is 3.54. The van der Waals surface area contributed by atoms with Crippen molar-refractivity contribution in [2.24, 2.45) is 11.3 Å². The quantitative estimate of drug-likeness (QED) is 0.653. The Morgan fingerprint density at radius 1 is 1.19 bits per heavy atom. The number of nitrogens with zero attached hydrogens (tertiary/aromatic N) is 4. The smallest absolute Gasteiger partial charge is 0.272 e. The lowest BCUT2D eigenvalue weighted by atomic mass is 9.82. The van der Waals surface area contributed by atoms with E-state index in [1.807, 2.05) is 47.2 Å². The minimum atomic E-state index is -0.456. The van der Waals surface area contributed by atoms with Crippen molar-refractivity contribution in [3.05, 3.63) is 54.0 Å². The Kier molecular flexibility index (Phi) is 4.81. The van der Waals surface area contributed by atoms with E-state index in [9.17, 15) is 14.7 Å². The second kappa shape index (κ2) is 7.53. The zero-order valence-electron chi connectivity index (χ0n) is 17.6. The van der Waals surface area contributed by atoms with Crippen LogP contribution in [0.15, 0.2) is 42.7 Å². The number of hydrogen-bond donors (Lipinski definition) is 2. The molecule has 2 N–H and O–H groups in total. The third-order valence-electron chi connectivity index (χ3n) is 6.97. The van der Waals surface area contributed by atoms with Crippen LogP contribution in [-0.2, 0) is 17.8 Å². The number of aromatic amines is 1. The highest BCUT2D eigenvalue weighted by molar-refractivity contribution is 5.93. The molecular weight excluding hydrogens is 394 g/mol. The summed E-state index contributed by atoms with van der Waals surface area (Å²) in [5.41, 5.74) is 2.13. The molecule has 2 atom stereocenters. The van der Waals surface area contributed by atoms with Gasteiger partial charge in [0.25, 0.3) is 5.91 Å². The summed E-state index contributed by atoms with van der Waals surface area (Å²) < 4.78 is 1.69. The van der Waals surface area contributed by atoms with E-state index in [0.29, 0.717) is 44.8 Å². The van der Waals surface area contributed by atoms with Gasteiger partial charge in [-0.1, -0.05) is 18.2 Å². The number of aromatic nitrogens is 3. The van der Waals surface area contributed by atoms with Gasteiger partial charge in [0.1, 0.15) is 5.69 Å². The van der Waals surface area contributed by atoms with E-state index >= 15 is 0 Å². The van der Waals surface area contributed by atoms with Crippen molar-refractivity contribution < 1.29 is 14.7 Å². The minimum absolute atomic E-state index is 0.0364. The number of aliphatic hydroxyl groups is 1. The molecule has 5 rings (SSSR count). The first-order valence-electron chi connectivity index (χ1n) is 10.8. The van der Waals surface area contributed by atoms with Crippen LogP contribution in [0.4, 0.5) is 0 Å². The number of para-hydroxylation sites is 1. The second-order valence-electron chi connectivity index (χ2n) is 8.75. The SMILES string of the molecule is CCn1nccc1C(=O)N1C[C@H]2CN(C(=O)Cc3c[nH]c4ccccc34)C[C@@]2(CO)C1. The number of carbonyl (C=O) groups is 2. The van der Waals surface area contributed by atoms with Crippen LogP contribution in [0, 0.1) is 11.3 Å². The lowest BCUT2D eigenvalue weighted by Gasteiger charge is -2.27. The van der Waals surface area contributed by atoms with Crippen molar-refractivity contribution in [3.63, 3.8) is 0 Å². The maximum Gasteiger partial charge on any atom is 0.272 e. The first-order chi connectivity index (χ1) is 15.0. The Labute approximate surface area is 180 Å². The molecule has 1 aromatic carbocycles. The van der Waals surface area contributed by atoms with E-state index in [2.05, 4.69) is 10.1 Å². The summed E-state index contributed by atoms with van der Waals surface area (Å²) in [7, 11) is 0. The van der Waals surface area contributed by atoms with Crippen LogP contribution in [0.1, 0.15) is 23.0 Å². The second-order valence-corrected chi connectivity index (χ2v) is 8.75. The Bertz CT molecular complexity index is 1140. The van der Waals surface area contributed by atoms with Gasteiger partial charge in [0.05, 0.1) is 13.0 Å². The molecule has 0 radical (unpaired) electrons. The highest BCUT2D eigenvalue weighted by Crippen LogP contribution is 2.42. The summed E-state index contributed by atoms with van der Waals surface area (Å²) in [5, 5.41) is 15.5. The van der Waals surface area contributed by atoms with E-state index in [0.717, 1.165) is 16.5 Å². The van der Waals surface area contributed by atoms with Crippen LogP contribution in [0.5, 0.6) is 0 Å². The van der Waals surface area contributed by atoms with Crippen LogP contribution in [0.3, 0.4) is 0 Å². The van der Waals surface area contributed by atoms with E-state index in [1.165, 1.54) is 0 Å². The molecule has 2 amide bonds. The largest absolute Gasteiger partial charge is 0.396 e. The summed E-state index contributed by atoms with van der Waals surface area (Å²) in [4.78, 5) is 33.0. The van der Waals surface area contributed by atoms with Crippen LogP contribution in [0.2, 0.25) is 0 Å². The third kappa shape index (κ3) is 3.22. The monoisotopic (exact) mass is 421 g/mol. The van der Waals surface area contributed by atoms with Crippen LogP contribution < -0.4 is 0 Å². The van der Waals surface area contributed by atoms with Gasteiger partial charge >= 0.3 is 0 Å². The molecule has 0 spiro atoms. The number of aliphatic hydroxyl groups excluding tert-OH is 1. The number of nitrogens with one attached hydrogen (secondary N) is 1. The van der Waals surface area contributed by atoms with E-state index < -0.39 is 5.41 Å². The molecule has 0 unspecified atom stereocenters. The van der Waals surface area contributed by atoms with Crippen molar-refractivity contribution in [1.29, 1.82) is 0 Å². The van der Waals surface area contributed by atoms with E-state index in [4.69, 9.17) is 0 Å². The maximum absolute atomic E-state index is 13.1. The van der Waals surface area contributed by atoms with Gasteiger partial charge in [-0.05, 0) is 24.6 Å². The lowest BCUT2D eigenvalue weighted by molar-refractivity contribution is -0.130. The summed E-state index contributed by atoms with van der Waals surface area (Å²) in [6.45, 7) is 4.60. The number of carbonyl (C=O) groups excluding carboxylic acids is 2. The first kappa shape index (κ1) is 19.8. The maximum atomic E-state index is 13.1. The van der Waals surface area contributed by atoms with Crippen molar-refractivity contribution >= 4 is 22.7 Å². The molecule has 2 saturated heterocycles. The highest BCUT2D eigenvalue weighted by Gasteiger charge is 2.54. The number of fused-ring (bicyclic) bond motifs is 2. The highest BCUT2D eigenvalue weighted by atomic mass is 16.3. The molecule has 2 aliphatic heterocycles. The van der Waals surface area contributed by atoms with Gasteiger partial charge in [0.2, 0.25) is 5.91 Å². The Balaban J connectivity index is 1.29. The molecule has 0 saturated carbocycles. The van der Waals surface area contributed by atoms with Gasteiger partial charge in [-0.15, -0.1) is 0 Å². The summed E-state index contributed by atoms with van der Waals surface area (Å²) in [6.07, 6.45) is 3.87. The van der Waals surface area contributed by atoms with Gasteiger partial charge in [0.15, 0.2) is 0 Å². The van der Waals surface area contributed by atoms with Gasteiger partial charge in [-0.3, -0.25) is 14.3 Å². The molecule has 3 aromatic rings. The van der Waals surface area contributed by atoms with Gasteiger partial charge in [-0.25, -0.2) is 0 Å². The summed E-state index contributed by atoms with van der Waals surface area (Å²) in [5.74, 6) is 0.0820. The molecule has 8 heteroatoms. The predicted octanol–water partition coefficient (Wildman–Crippen LogP) is 1.52. The Morgan fingerprint density at radius 2 is 1.97 bits per heavy atom. The fourth-order valence-electron chi connectivity index (χ4n) is 5.23. The number of hydrogen-bond acceptors (Lipinski definition) is 4. The number of rotatable bonds is 5. The molecule has 8 nitrogen and oxygen atoms in total. The van der Waals surface area contributed by atoms with Gasteiger partial charge < -0.3 is 19.9 Å². The van der Waals surface area contributed by atoms with Gasteiger partial charge in [-0.2, -0.15) is 5.10 Å². The summed E-state index contributed by atoms with van der Waals surface area (Å²) >= 11 is 0. The third-order valence-corrected chi connectivity index (χ3v) is 6.97. The normalized spacial score (nSPS) is 23.0. The van der Waals surface area contributed by atoms with Crippen LogP contribution in [-0.4, -0.2) is 74.3 Å². The number of benzene rings is 1. The molecule has 0 aliphatic carbocycles. The Morgan fingerprint density at radius 3 is 2.74 bits per heavy atom. The molecule has 2 aromatic heterocycles. The van der Waals surface area contributed by atoms with E-state index in [1.54, 1.807) is 16.9 Å². The lowest BCUT2D eigenvalue weighted by Crippen LogP contribution is -2.41. The number of aryl methyl sites for hydroxylation is 1. The van der Waals surface area contributed by atoms with Crippen LogP contribution in [0.25, 0.3) is 10.9 Å². The Hall–Kier alpha value is -3.13. The standard InChI is InChI=1S/C23H27N5O3/c1-2-28-20(7-8-25-28)22(31)27-12-17-11-26(13-23(17,14-27)15-29)21(30)9-16-10-24-19-6-4-3-5-18(16)19/h3-8,10,17,24,29H,2,9,11-15H2,1H3/t17-,23+/m1/s1. The van der Waals surface area contributed by atoms with Crippen molar-refractivity contribution in [3.8, 4) is 0 Å².